The first-order chi connectivity index (χ1) is 13.5. The maximum Gasteiger partial charge on any atom is 0.417 e. The fourth-order valence-corrected chi connectivity index (χ4v) is 4.90. The molecule has 28 heavy (non-hydrogen) atoms. The third kappa shape index (κ3) is 2.59. The second-order valence-electron chi connectivity index (χ2n) is 6.57. The lowest BCUT2D eigenvalue weighted by molar-refractivity contribution is 0.553. The smallest absolute Gasteiger partial charge is 0.408 e. The van der Waals surface area contributed by atoms with Gasteiger partial charge >= 0.3 is 5.76 Å². The van der Waals surface area contributed by atoms with Crippen molar-refractivity contribution in [2.75, 3.05) is 13.1 Å². The summed E-state index contributed by atoms with van der Waals surface area (Å²) in [7, 11) is -3.91. The van der Waals surface area contributed by atoms with E-state index in [1.54, 1.807) is 24.5 Å². The number of H-pyrrole nitrogens is 1. The summed E-state index contributed by atoms with van der Waals surface area (Å²) in [5.74, 6) is -0.625. The largest absolute Gasteiger partial charge is 0.417 e. The van der Waals surface area contributed by atoms with Crippen molar-refractivity contribution in [1.29, 1.82) is 0 Å². The highest BCUT2D eigenvalue weighted by Gasteiger charge is 2.24. The monoisotopic (exact) mass is 396 g/mol. The zero-order valence-corrected chi connectivity index (χ0v) is 15.5. The van der Waals surface area contributed by atoms with E-state index in [9.17, 15) is 13.2 Å². The fraction of sp³-hybridized carbons (Fsp3) is 0.158. The number of aromatic nitrogens is 3. The third-order valence-electron chi connectivity index (χ3n) is 4.88. The Morgan fingerprint density at radius 2 is 2.11 bits per heavy atom. The summed E-state index contributed by atoms with van der Waals surface area (Å²) in [6.45, 7) is 1.58. The van der Waals surface area contributed by atoms with Gasteiger partial charge in [-0.15, -0.1) is 0 Å². The van der Waals surface area contributed by atoms with E-state index in [1.165, 1.54) is 22.2 Å². The van der Waals surface area contributed by atoms with Gasteiger partial charge in [0.15, 0.2) is 5.58 Å². The summed E-state index contributed by atoms with van der Waals surface area (Å²) >= 11 is 0. The Morgan fingerprint density at radius 1 is 1.21 bits per heavy atom. The Balaban J connectivity index is 1.73. The number of aromatic amines is 1. The molecule has 0 spiro atoms. The highest BCUT2D eigenvalue weighted by molar-refractivity contribution is 7.90. The Hall–Kier alpha value is -3.17. The molecule has 0 bridgehead atoms. The van der Waals surface area contributed by atoms with Crippen LogP contribution in [0.15, 0.2) is 62.9 Å². The van der Waals surface area contributed by atoms with Gasteiger partial charge in [-0.2, -0.15) is 0 Å². The molecule has 0 radical (unpaired) electrons. The molecule has 1 aliphatic heterocycles. The van der Waals surface area contributed by atoms with Crippen LogP contribution in [0.1, 0.15) is 12.0 Å². The molecule has 4 aromatic rings. The first kappa shape index (κ1) is 17.0. The number of pyridine rings is 1. The molecule has 3 aromatic heterocycles. The molecule has 0 fully saturated rings. The van der Waals surface area contributed by atoms with Crippen molar-refractivity contribution in [3.63, 3.8) is 0 Å². The predicted octanol–water partition coefficient (Wildman–Crippen LogP) is 2.08. The Kier molecular flexibility index (Phi) is 3.74. The number of hydrogen-bond acceptors (Lipinski definition) is 6. The van der Waals surface area contributed by atoms with Gasteiger partial charge in [-0.1, -0.05) is 6.08 Å². The molecule has 8 nitrogen and oxygen atoms in total. The molecule has 0 unspecified atom stereocenters. The van der Waals surface area contributed by atoms with Crippen LogP contribution in [-0.2, 0) is 10.0 Å². The molecule has 2 N–H and O–H groups in total. The number of benzene rings is 1. The third-order valence-corrected chi connectivity index (χ3v) is 6.55. The topological polar surface area (TPSA) is 110 Å². The number of nitrogens with one attached hydrogen (secondary N) is 2. The van der Waals surface area contributed by atoms with E-state index in [2.05, 4.69) is 21.4 Å². The first-order valence-corrected chi connectivity index (χ1v) is 10.2. The minimum atomic E-state index is -3.91. The number of fused-ring (bicyclic) bond motifs is 2. The van der Waals surface area contributed by atoms with Crippen LogP contribution < -0.4 is 11.1 Å². The molecule has 0 amide bonds. The van der Waals surface area contributed by atoms with Crippen LogP contribution in [0.3, 0.4) is 0 Å². The summed E-state index contributed by atoms with van der Waals surface area (Å²) in [6, 6.07) is 7.78. The molecule has 142 valence electrons. The van der Waals surface area contributed by atoms with Gasteiger partial charge in [0.05, 0.1) is 21.4 Å². The molecule has 0 atom stereocenters. The summed E-state index contributed by atoms with van der Waals surface area (Å²) in [4.78, 5) is 18.3. The highest BCUT2D eigenvalue weighted by atomic mass is 32.2. The van der Waals surface area contributed by atoms with Gasteiger partial charge in [0.1, 0.15) is 0 Å². The lowest BCUT2D eigenvalue weighted by Gasteiger charge is -2.12. The average molecular weight is 396 g/mol. The lowest BCUT2D eigenvalue weighted by Crippen LogP contribution is -2.20. The molecule has 0 saturated heterocycles. The SMILES string of the molecule is O=c1[nH]c2ccc(S(=O)(=O)n3cc(C4=CCNCC4)c4ncccc43)cc2o1. The predicted molar refractivity (Wildman–Crippen MR) is 105 cm³/mol. The molecule has 0 saturated carbocycles. The summed E-state index contributed by atoms with van der Waals surface area (Å²) in [6.07, 6.45) is 6.15. The van der Waals surface area contributed by atoms with Crippen molar-refractivity contribution < 1.29 is 12.8 Å². The fourth-order valence-electron chi connectivity index (χ4n) is 3.53. The van der Waals surface area contributed by atoms with Crippen molar-refractivity contribution in [2.24, 2.45) is 0 Å². The molecule has 1 aliphatic rings. The van der Waals surface area contributed by atoms with Crippen molar-refractivity contribution in [1.82, 2.24) is 19.3 Å². The molecular weight excluding hydrogens is 380 g/mol. The van der Waals surface area contributed by atoms with Gasteiger partial charge in [-0.25, -0.2) is 17.2 Å². The van der Waals surface area contributed by atoms with E-state index in [0.29, 0.717) is 16.6 Å². The lowest BCUT2D eigenvalue weighted by atomic mass is 10.0. The van der Waals surface area contributed by atoms with Crippen LogP contribution in [0, 0.1) is 0 Å². The van der Waals surface area contributed by atoms with E-state index < -0.39 is 15.8 Å². The standard InChI is InChI=1S/C19H16N4O4S/c24-19-22-15-4-3-13(10-17(15)27-19)28(25,26)23-11-14(12-5-8-20-9-6-12)18-16(23)2-1-7-21-18/h1-5,7,10-11,20H,6,8-9H2,(H,22,24). The van der Waals surface area contributed by atoms with Crippen molar-refractivity contribution >= 4 is 37.7 Å². The van der Waals surface area contributed by atoms with E-state index in [4.69, 9.17) is 4.42 Å². The van der Waals surface area contributed by atoms with E-state index in [-0.39, 0.29) is 10.5 Å². The minimum Gasteiger partial charge on any atom is -0.408 e. The summed E-state index contributed by atoms with van der Waals surface area (Å²) in [5.41, 5.74) is 3.69. The maximum atomic E-state index is 13.4. The first-order valence-electron chi connectivity index (χ1n) is 8.79. The minimum absolute atomic E-state index is 0.0364. The van der Waals surface area contributed by atoms with Gasteiger partial charge in [0, 0.05) is 30.6 Å². The van der Waals surface area contributed by atoms with Crippen LogP contribution in [0.5, 0.6) is 0 Å². The van der Waals surface area contributed by atoms with Gasteiger partial charge in [-0.3, -0.25) is 9.97 Å². The second-order valence-corrected chi connectivity index (χ2v) is 8.39. The zero-order chi connectivity index (χ0) is 19.3. The molecule has 5 rings (SSSR count). The van der Waals surface area contributed by atoms with Crippen LogP contribution in [0.2, 0.25) is 0 Å². The average Bonchev–Trinajstić information content (AvgIpc) is 3.28. The van der Waals surface area contributed by atoms with Crippen molar-refractivity contribution in [3.05, 3.63) is 64.9 Å². The molecule has 0 aliphatic carbocycles. The van der Waals surface area contributed by atoms with E-state index in [1.807, 2.05) is 0 Å². The van der Waals surface area contributed by atoms with Crippen LogP contribution in [0.4, 0.5) is 0 Å². The van der Waals surface area contributed by atoms with Gasteiger partial charge in [0.25, 0.3) is 10.0 Å². The van der Waals surface area contributed by atoms with E-state index >= 15 is 0 Å². The van der Waals surface area contributed by atoms with Crippen LogP contribution >= 0.6 is 0 Å². The summed E-state index contributed by atoms with van der Waals surface area (Å²) < 4.78 is 33.0. The zero-order valence-electron chi connectivity index (χ0n) is 14.7. The van der Waals surface area contributed by atoms with Crippen molar-refractivity contribution in [2.45, 2.75) is 11.3 Å². The maximum absolute atomic E-state index is 13.4. The highest BCUT2D eigenvalue weighted by Crippen LogP contribution is 2.31. The van der Waals surface area contributed by atoms with Gasteiger partial charge in [-0.05, 0) is 42.8 Å². The van der Waals surface area contributed by atoms with Gasteiger partial charge < -0.3 is 9.73 Å². The number of oxazole rings is 1. The normalized spacial score (nSPS) is 15.2. The van der Waals surface area contributed by atoms with E-state index in [0.717, 1.165) is 30.6 Å². The number of rotatable bonds is 3. The summed E-state index contributed by atoms with van der Waals surface area (Å²) in [5, 5.41) is 3.25. The Labute approximate surface area is 159 Å². The van der Waals surface area contributed by atoms with Crippen molar-refractivity contribution in [3.8, 4) is 0 Å². The number of hydrogen-bond donors (Lipinski definition) is 2. The molecule has 4 heterocycles. The second kappa shape index (κ2) is 6.18. The Bertz CT molecular complexity index is 1410. The quantitative estimate of drug-likeness (QED) is 0.549. The molecule has 9 heteroatoms. The number of nitrogens with zero attached hydrogens (tertiary/aromatic N) is 2. The van der Waals surface area contributed by atoms with Gasteiger partial charge in [0.2, 0.25) is 0 Å². The van der Waals surface area contributed by atoms with Crippen LogP contribution in [0.25, 0.3) is 27.7 Å². The Morgan fingerprint density at radius 3 is 2.93 bits per heavy atom. The van der Waals surface area contributed by atoms with Crippen LogP contribution in [-0.4, -0.2) is 35.4 Å². The molecular formula is C19H16N4O4S. The molecule has 1 aromatic carbocycles.